The van der Waals surface area contributed by atoms with Crippen LogP contribution >= 0.6 is 0 Å². The van der Waals surface area contributed by atoms with E-state index in [1.807, 2.05) is 0 Å². The van der Waals surface area contributed by atoms with Gasteiger partial charge in [0.05, 0.1) is 12.5 Å². The van der Waals surface area contributed by atoms with E-state index in [1.165, 1.54) is 16.7 Å². The van der Waals surface area contributed by atoms with Crippen molar-refractivity contribution in [2.24, 2.45) is 0 Å². The fraction of sp³-hybridized carbons (Fsp3) is 0.412. The maximum absolute atomic E-state index is 6.32. The molecule has 1 N–H and O–H groups in total. The Labute approximate surface area is 118 Å². The van der Waals surface area contributed by atoms with Crippen molar-refractivity contribution >= 4 is 0 Å². The minimum atomic E-state index is 0.0577. The van der Waals surface area contributed by atoms with Gasteiger partial charge < -0.3 is 14.8 Å². The molecule has 2 bridgehead atoms. The lowest BCUT2D eigenvalue weighted by Crippen LogP contribution is -2.57. The molecule has 20 heavy (non-hydrogen) atoms. The quantitative estimate of drug-likeness (QED) is 0.845. The molecule has 3 heteroatoms. The summed E-state index contributed by atoms with van der Waals surface area (Å²) in [5, 5.41) is 3.67. The second-order valence-electron chi connectivity index (χ2n) is 6.11. The van der Waals surface area contributed by atoms with Crippen LogP contribution in [-0.4, -0.2) is 25.8 Å². The molecule has 1 saturated heterocycles. The summed E-state index contributed by atoms with van der Waals surface area (Å²) in [4.78, 5) is 0. The van der Waals surface area contributed by atoms with Crippen LogP contribution in [0.4, 0.5) is 0 Å². The summed E-state index contributed by atoms with van der Waals surface area (Å²) >= 11 is 0. The van der Waals surface area contributed by atoms with Gasteiger partial charge in [0, 0.05) is 11.6 Å². The number of piperidine rings is 1. The van der Waals surface area contributed by atoms with Gasteiger partial charge in [0.15, 0.2) is 11.5 Å². The molecule has 5 rings (SSSR count). The molecular weight excluding hydrogens is 250 g/mol. The maximum atomic E-state index is 6.32. The highest BCUT2D eigenvalue weighted by atomic mass is 16.5. The standard InChI is InChI=1S/C17H17NO2/c1-19-13-6-5-10-9-12-11-3-2-4-14-17(11,7-8-18-12)15(10)16(13)20-14/h2-6,12,14,18H,7-9H2,1H3. The Hall–Kier alpha value is -1.74. The number of allylic oxidation sites excluding steroid dienone is 2. The molecule has 4 aliphatic rings. The zero-order chi connectivity index (χ0) is 13.3. The van der Waals surface area contributed by atoms with Crippen molar-refractivity contribution in [1.29, 1.82) is 0 Å². The normalized spacial score (nSPS) is 35.1. The van der Waals surface area contributed by atoms with Crippen molar-refractivity contribution in [2.45, 2.75) is 30.4 Å². The monoisotopic (exact) mass is 267 g/mol. The second-order valence-corrected chi connectivity index (χ2v) is 6.11. The molecule has 0 saturated carbocycles. The number of nitrogens with one attached hydrogen (secondary N) is 1. The highest BCUT2D eigenvalue weighted by Crippen LogP contribution is 2.60. The lowest BCUT2D eigenvalue weighted by molar-refractivity contribution is 0.173. The first-order valence-electron chi connectivity index (χ1n) is 7.34. The van der Waals surface area contributed by atoms with E-state index < -0.39 is 0 Å². The van der Waals surface area contributed by atoms with Gasteiger partial charge in [-0.15, -0.1) is 0 Å². The predicted molar refractivity (Wildman–Crippen MR) is 76.4 cm³/mol. The number of benzene rings is 1. The third-order valence-corrected chi connectivity index (χ3v) is 5.39. The van der Waals surface area contributed by atoms with Crippen molar-refractivity contribution in [2.75, 3.05) is 13.7 Å². The van der Waals surface area contributed by atoms with Crippen LogP contribution in [0.5, 0.6) is 11.5 Å². The first kappa shape index (κ1) is 11.0. The van der Waals surface area contributed by atoms with Crippen molar-refractivity contribution in [1.82, 2.24) is 5.32 Å². The maximum Gasteiger partial charge on any atom is 0.166 e. The van der Waals surface area contributed by atoms with E-state index in [9.17, 15) is 0 Å². The molecule has 0 amide bonds. The van der Waals surface area contributed by atoms with Gasteiger partial charge in [0.2, 0.25) is 0 Å². The van der Waals surface area contributed by atoms with Crippen LogP contribution in [0.15, 0.2) is 35.9 Å². The molecule has 3 nitrogen and oxygen atoms in total. The summed E-state index contributed by atoms with van der Waals surface area (Å²) < 4.78 is 11.8. The first-order chi connectivity index (χ1) is 9.84. The molecule has 1 fully saturated rings. The van der Waals surface area contributed by atoms with Crippen molar-refractivity contribution in [3.8, 4) is 11.5 Å². The van der Waals surface area contributed by atoms with Gasteiger partial charge in [-0.1, -0.05) is 18.2 Å². The van der Waals surface area contributed by atoms with Gasteiger partial charge in [-0.05, 0) is 42.7 Å². The lowest BCUT2D eigenvalue weighted by Gasteiger charge is -2.49. The van der Waals surface area contributed by atoms with Crippen LogP contribution < -0.4 is 14.8 Å². The third kappa shape index (κ3) is 1.04. The fourth-order valence-corrected chi connectivity index (χ4v) is 4.63. The van der Waals surface area contributed by atoms with Gasteiger partial charge in [-0.2, -0.15) is 0 Å². The fourth-order valence-electron chi connectivity index (χ4n) is 4.63. The van der Waals surface area contributed by atoms with Gasteiger partial charge in [0.1, 0.15) is 6.10 Å². The smallest absolute Gasteiger partial charge is 0.166 e. The van der Waals surface area contributed by atoms with E-state index in [0.29, 0.717) is 6.04 Å². The SMILES string of the molecule is COc1ccc2c3c1OC1C=CC=C4C(C2)NCCC431. The van der Waals surface area contributed by atoms with Crippen LogP contribution in [0.25, 0.3) is 0 Å². The summed E-state index contributed by atoms with van der Waals surface area (Å²) in [5.41, 5.74) is 4.39. The zero-order valence-corrected chi connectivity index (χ0v) is 11.5. The zero-order valence-electron chi connectivity index (χ0n) is 11.5. The van der Waals surface area contributed by atoms with Gasteiger partial charge >= 0.3 is 0 Å². The Morgan fingerprint density at radius 2 is 2.35 bits per heavy atom. The van der Waals surface area contributed by atoms with Crippen LogP contribution in [0.2, 0.25) is 0 Å². The van der Waals surface area contributed by atoms with Gasteiger partial charge in [-0.3, -0.25) is 0 Å². The van der Waals surface area contributed by atoms with E-state index in [1.54, 1.807) is 7.11 Å². The number of ether oxygens (including phenoxy) is 2. The highest BCUT2D eigenvalue weighted by molar-refractivity contribution is 5.67. The van der Waals surface area contributed by atoms with Crippen LogP contribution in [0.3, 0.4) is 0 Å². The van der Waals surface area contributed by atoms with Crippen LogP contribution in [-0.2, 0) is 11.8 Å². The average molecular weight is 267 g/mol. The first-order valence-corrected chi connectivity index (χ1v) is 7.34. The second kappa shape index (κ2) is 3.47. The number of hydrogen-bond acceptors (Lipinski definition) is 3. The largest absolute Gasteiger partial charge is 0.493 e. The Kier molecular flexibility index (Phi) is 1.91. The molecule has 0 radical (unpaired) electrons. The molecule has 2 heterocycles. The number of methoxy groups -OCH3 is 1. The molecule has 2 aliphatic heterocycles. The summed E-state index contributed by atoms with van der Waals surface area (Å²) in [6.07, 6.45) is 8.97. The van der Waals surface area contributed by atoms with E-state index in [2.05, 4.69) is 35.7 Å². The predicted octanol–water partition coefficient (Wildman–Crippen LogP) is 2.11. The van der Waals surface area contributed by atoms with E-state index in [4.69, 9.17) is 9.47 Å². The molecule has 1 aromatic carbocycles. The van der Waals surface area contributed by atoms with Crippen molar-refractivity contribution in [3.63, 3.8) is 0 Å². The molecule has 2 aliphatic carbocycles. The summed E-state index contributed by atoms with van der Waals surface area (Å²) in [6, 6.07) is 4.74. The van der Waals surface area contributed by atoms with Crippen molar-refractivity contribution in [3.05, 3.63) is 47.1 Å². The number of hydrogen-bond donors (Lipinski definition) is 1. The summed E-state index contributed by atoms with van der Waals surface area (Å²) in [5.74, 6) is 1.85. The minimum Gasteiger partial charge on any atom is -0.493 e. The Morgan fingerprint density at radius 1 is 1.40 bits per heavy atom. The van der Waals surface area contributed by atoms with Gasteiger partial charge in [-0.25, -0.2) is 0 Å². The molecule has 102 valence electrons. The molecule has 0 aromatic heterocycles. The summed E-state index contributed by atoms with van der Waals surface area (Å²) in [6.45, 7) is 1.06. The molecule has 3 atom stereocenters. The molecule has 1 spiro atoms. The van der Waals surface area contributed by atoms with Gasteiger partial charge in [0.25, 0.3) is 0 Å². The molecular formula is C17H17NO2. The lowest BCUT2D eigenvalue weighted by atomic mass is 9.58. The minimum absolute atomic E-state index is 0.0577. The van der Waals surface area contributed by atoms with Crippen molar-refractivity contribution < 1.29 is 9.47 Å². The Balaban J connectivity index is 1.87. The third-order valence-electron chi connectivity index (χ3n) is 5.39. The highest BCUT2D eigenvalue weighted by Gasteiger charge is 2.58. The summed E-state index contributed by atoms with van der Waals surface area (Å²) in [7, 11) is 1.72. The topological polar surface area (TPSA) is 30.5 Å². The molecule has 3 unspecified atom stereocenters. The average Bonchev–Trinajstić information content (AvgIpc) is 2.80. The van der Waals surface area contributed by atoms with Crippen LogP contribution in [0.1, 0.15) is 17.5 Å². The molecule has 1 aromatic rings. The number of rotatable bonds is 1. The van der Waals surface area contributed by atoms with E-state index in [-0.39, 0.29) is 11.5 Å². The van der Waals surface area contributed by atoms with Crippen LogP contribution in [0, 0.1) is 0 Å². The Morgan fingerprint density at radius 3 is 3.25 bits per heavy atom. The Bertz CT molecular complexity index is 676. The van der Waals surface area contributed by atoms with E-state index in [0.717, 1.165) is 30.9 Å². The van der Waals surface area contributed by atoms with E-state index >= 15 is 0 Å².